The average Bonchev–Trinajstić information content (AvgIpc) is 3.07. The van der Waals surface area contributed by atoms with Crippen LogP contribution in [0.1, 0.15) is 34.7 Å². The van der Waals surface area contributed by atoms with Crippen molar-refractivity contribution in [3.63, 3.8) is 0 Å². The number of piperidine rings is 1. The molecule has 128 valence electrons. The summed E-state index contributed by atoms with van der Waals surface area (Å²) in [4.78, 5) is 23.2. The number of aromatic nitrogens is 2. The zero-order valence-corrected chi connectivity index (χ0v) is 14.3. The number of aryl methyl sites for hydroxylation is 1. The number of rotatable bonds is 3. The van der Waals surface area contributed by atoms with Crippen LogP contribution in [-0.4, -0.2) is 33.9 Å². The van der Waals surface area contributed by atoms with E-state index < -0.39 is 0 Å². The first-order valence-corrected chi connectivity index (χ1v) is 8.74. The molecule has 3 heterocycles. The zero-order valence-electron chi connectivity index (χ0n) is 14.3. The number of hydrogen-bond donors (Lipinski definition) is 0. The van der Waals surface area contributed by atoms with Gasteiger partial charge in [-0.15, -0.1) is 0 Å². The summed E-state index contributed by atoms with van der Waals surface area (Å²) >= 11 is 0. The van der Waals surface area contributed by atoms with E-state index in [1.165, 1.54) is 17.3 Å². The van der Waals surface area contributed by atoms with E-state index in [9.17, 15) is 4.79 Å². The fourth-order valence-corrected chi connectivity index (χ4v) is 3.64. The molecule has 3 aromatic rings. The number of carbonyl (C=O) groups excluding carboxylic acids is 1. The highest BCUT2D eigenvalue weighted by molar-refractivity contribution is 5.93. The third-order valence-corrected chi connectivity index (χ3v) is 4.93. The van der Waals surface area contributed by atoms with Crippen molar-refractivity contribution in [2.24, 2.45) is 5.92 Å². The van der Waals surface area contributed by atoms with Crippen molar-refractivity contribution in [1.82, 2.24) is 14.9 Å². The van der Waals surface area contributed by atoms with E-state index in [1.54, 1.807) is 6.92 Å². The minimum atomic E-state index is -0.0208. The van der Waals surface area contributed by atoms with Crippen molar-refractivity contribution < 1.29 is 9.21 Å². The predicted molar refractivity (Wildman–Crippen MR) is 95.3 cm³/mol. The Morgan fingerprint density at radius 1 is 1.32 bits per heavy atom. The maximum atomic E-state index is 12.6. The molecule has 0 bridgehead atoms. The number of fused-ring (bicyclic) bond motifs is 1. The Hall–Kier alpha value is -2.69. The van der Waals surface area contributed by atoms with E-state index in [0.29, 0.717) is 17.4 Å². The number of amides is 1. The van der Waals surface area contributed by atoms with Crippen molar-refractivity contribution in [2.45, 2.75) is 26.2 Å². The fourth-order valence-electron chi connectivity index (χ4n) is 3.64. The van der Waals surface area contributed by atoms with Gasteiger partial charge in [-0.3, -0.25) is 9.78 Å². The van der Waals surface area contributed by atoms with Gasteiger partial charge in [0.2, 0.25) is 0 Å². The quantitative estimate of drug-likeness (QED) is 0.733. The van der Waals surface area contributed by atoms with Gasteiger partial charge in [0.25, 0.3) is 5.91 Å². The maximum Gasteiger partial charge on any atom is 0.276 e. The van der Waals surface area contributed by atoms with Gasteiger partial charge in [0, 0.05) is 24.7 Å². The summed E-state index contributed by atoms with van der Waals surface area (Å²) in [6, 6.07) is 10.4. The van der Waals surface area contributed by atoms with Crippen LogP contribution in [0.3, 0.4) is 0 Å². The monoisotopic (exact) mass is 335 g/mol. The normalized spacial score (nSPS) is 17.8. The van der Waals surface area contributed by atoms with Gasteiger partial charge in [-0.1, -0.05) is 18.2 Å². The molecular weight excluding hydrogens is 314 g/mol. The second-order valence-corrected chi connectivity index (χ2v) is 6.76. The minimum Gasteiger partial charge on any atom is -0.448 e. The number of oxazole rings is 1. The summed E-state index contributed by atoms with van der Waals surface area (Å²) in [5.74, 6) is 1.02. The van der Waals surface area contributed by atoms with Crippen LogP contribution in [0.5, 0.6) is 0 Å². The van der Waals surface area contributed by atoms with Crippen molar-refractivity contribution in [2.75, 3.05) is 13.1 Å². The smallest absolute Gasteiger partial charge is 0.276 e. The summed E-state index contributed by atoms with van der Waals surface area (Å²) in [5.41, 5.74) is 2.69. The first-order chi connectivity index (χ1) is 12.2. The molecule has 1 amide bonds. The molecule has 1 aliphatic rings. The van der Waals surface area contributed by atoms with Gasteiger partial charge in [0.05, 0.1) is 5.52 Å². The molecule has 1 aromatic carbocycles. The van der Waals surface area contributed by atoms with E-state index in [0.717, 1.165) is 37.9 Å². The fraction of sp³-hybridized carbons (Fsp3) is 0.350. The van der Waals surface area contributed by atoms with Crippen LogP contribution in [0.2, 0.25) is 0 Å². The van der Waals surface area contributed by atoms with Crippen molar-refractivity contribution >= 4 is 16.8 Å². The summed E-state index contributed by atoms with van der Waals surface area (Å²) in [5, 5.41) is 1.17. The molecule has 5 heteroatoms. The molecule has 0 spiro atoms. The van der Waals surface area contributed by atoms with Crippen LogP contribution < -0.4 is 0 Å². The predicted octanol–water partition coefficient (Wildman–Crippen LogP) is 3.63. The van der Waals surface area contributed by atoms with Crippen molar-refractivity contribution in [1.29, 1.82) is 0 Å². The van der Waals surface area contributed by atoms with Gasteiger partial charge < -0.3 is 9.32 Å². The largest absolute Gasteiger partial charge is 0.448 e. The first kappa shape index (κ1) is 15.8. The molecule has 0 aliphatic carbocycles. The van der Waals surface area contributed by atoms with E-state index in [2.05, 4.69) is 22.1 Å². The molecule has 25 heavy (non-hydrogen) atoms. The number of likely N-dealkylation sites (tertiary alicyclic amines) is 1. The standard InChI is InChI=1S/C20H21N3O2/c1-14-19(22-13-25-14)20(24)23-8-4-5-15(12-23)9-16-10-17-6-2-3-7-18(17)21-11-16/h2-3,6-7,10-11,13,15H,4-5,8-9,12H2,1H3/t15-/m1/s1. The number of pyridine rings is 1. The lowest BCUT2D eigenvalue weighted by Crippen LogP contribution is -2.40. The molecule has 0 radical (unpaired) electrons. The van der Waals surface area contributed by atoms with Crippen molar-refractivity contribution in [3.05, 3.63) is 59.9 Å². The molecule has 2 aromatic heterocycles. The molecule has 0 N–H and O–H groups in total. The second-order valence-electron chi connectivity index (χ2n) is 6.76. The van der Waals surface area contributed by atoms with Gasteiger partial charge in [0.15, 0.2) is 12.1 Å². The van der Waals surface area contributed by atoms with Crippen LogP contribution in [0.15, 0.2) is 47.3 Å². The molecule has 1 aliphatic heterocycles. The third kappa shape index (κ3) is 3.27. The zero-order chi connectivity index (χ0) is 17.2. The number of benzene rings is 1. The number of nitrogens with zero attached hydrogens (tertiary/aromatic N) is 3. The molecular formula is C20H21N3O2. The lowest BCUT2D eigenvalue weighted by atomic mass is 9.91. The summed E-state index contributed by atoms with van der Waals surface area (Å²) in [6.45, 7) is 3.33. The molecule has 1 fully saturated rings. The Labute approximate surface area is 146 Å². The molecule has 0 saturated carbocycles. The van der Waals surface area contributed by atoms with Crippen LogP contribution in [0.25, 0.3) is 10.9 Å². The highest BCUT2D eigenvalue weighted by atomic mass is 16.3. The molecule has 4 rings (SSSR count). The number of para-hydroxylation sites is 1. The van der Waals surface area contributed by atoms with Crippen LogP contribution >= 0.6 is 0 Å². The molecule has 0 unspecified atom stereocenters. The SMILES string of the molecule is Cc1ocnc1C(=O)N1CCC[C@H](Cc2cnc3ccccc3c2)C1. The highest BCUT2D eigenvalue weighted by Crippen LogP contribution is 2.24. The van der Waals surface area contributed by atoms with Gasteiger partial charge in [-0.25, -0.2) is 4.98 Å². The average molecular weight is 335 g/mol. The second kappa shape index (κ2) is 6.67. The lowest BCUT2D eigenvalue weighted by Gasteiger charge is -2.32. The van der Waals surface area contributed by atoms with Crippen LogP contribution in [-0.2, 0) is 6.42 Å². The molecule has 1 atom stereocenters. The molecule has 1 saturated heterocycles. The molecule has 5 nitrogen and oxygen atoms in total. The number of carbonyl (C=O) groups is 1. The minimum absolute atomic E-state index is 0.0208. The van der Waals surface area contributed by atoms with Crippen LogP contribution in [0, 0.1) is 12.8 Å². The Kier molecular flexibility index (Phi) is 4.22. The van der Waals surface area contributed by atoms with E-state index in [1.807, 2.05) is 29.3 Å². The van der Waals surface area contributed by atoms with E-state index in [-0.39, 0.29) is 5.91 Å². The Bertz CT molecular complexity index is 903. The van der Waals surface area contributed by atoms with Gasteiger partial charge in [-0.2, -0.15) is 0 Å². The van der Waals surface area contributed by atoms with E-state index in [4.69, 9.17) is 4.42 Å². The summed E-state index contributed by atoms with van der Waals surface area (Å²) in [6.07, 6.45) is 6.40. The van der Waals surface area contributed by atoms with Crippen molar-refractivity contribution in [3.8, 4) is 0 Å². The summed E-state index contributed by atoms with van der Waals surface area (Å²) < 4.78 is 5.17. The Balaban J connectivity index is 1.47. The lowest BCUT2D eigenvalue weighted by molar-refractivity contribution is 0.0666. The van der Waals surface area contributed by atoms with Gasteiger partial charge in [0.1, 0.15) is 5.76 Å². The Morgan fingerprint density at radius 2 is 2.20 bits per heavy atom. The third-order valence-electron chi connectivity index (χ3n) is 4.93. The van der Waals surface area contributed by atoms with Crippen LogP contribution in [0.4, 0.5) is 0 Å². The van der Waals surface area contributed by atoms with Gasteiger partial charge >= 0.3 is 0 Å². The maximum absolute atomic E-state index is 12.6. The van der Waals surface area contributed by atoms with E-state index >= 15 is 0 Å². The van der Waals surface area contributed by atoms with Gasteiger partial charge in [-0.05, 0) is 49.8 Å². The summed E-state index contributed by atoms with van der Waals surface area (Å²) in [7, 11) is 0. The number of hydrogen-bond acceptors (Lipinski definition) is 4. The topological polar surface area (TPSA) is 59.2 Å². The Morgan fingerprint density at radius 3 is 3.04 bits per heavy atom. The highest BCUT2D eigenvalue weighted by Gasteiger charge is 2.27. The first-order valence-electron chi connectivity index (χ1n) is 8.74.